The Balaban J connectivity index is 1.31. The molecular formula is C24H21N9O5. The number of anilines is 4. The van der Waals surface area contributed by atoms with Gasteiger partial charge in [0.25, 0.3) is 11.4 Å². The SMILES string of the molecule is O=[N+]([O-])c1ccc(Nc2nc(N/N=C/c3ccc(-c4ccc([N+](=O)[O-])cc4)o3)nc(N3CCCC3)n2)cc1. The van der Waals surface area contributed by atoms with Crippen LogP contribution in [0.5, 0.6) is 0 Å². The van der Waals surface area contributed by atoms with Gasteiger partial charge in [0.2, 0.25) is 17.8 Å². The van der Waals surface area contributed by atoms with Gasteiger partial charge in [0.05, 0.1) is 16.1 Å². The molecule has 1 fully saturated rings. The van der Waals surface area contributed by atoms with E-state index in [4.69, 9.17) is 4.42 Å². The highest BCUT2D eigenvalue weighted by molar-refractivity contribution is 5.78. The van der Waals surface area contributed by atoms with Crippen molar-refractivity contribution in [1.29, 1.82) is 0 Å². The molecule has 3 heterocycles. The molecule has 0 unspecified atom stereocenters. The first kappa shape index (κ1) is 24.3. The van der Waals surface area contributed by atoms with Crippen molar-refractivity contribution >= 4 is 41.1 Å². The first-order valence-electron chi connectivity index (χ1n) is 11.6. The lowest BCUT2D eigenvalue weighted by molar-refractivity contribution is -0.385. The zero-order valence-corrected chi connectivity index (χ0v) is 19.9. The van der Waals surface area contributed by atoms with Crippen LogP contribution < -0.4 is 15.6 Å². The predicted octanol–water partition coefficient (Wildman–Crippen LogP) is 4.74. The number of nitro benzene ring substituents is 2. The van der Waals surface area contributed by atoms with E-state index in [0.29, 0.717) is 28.7 Å². The van der Waals surface area contributed by atoms with Gasteiger partial charge in [-0.3, -0.25) is 20.2 Å². The van der Waals surface area contributed by atoms with E-state index in [-0.39, 0.29) is 23.3 Å². The smallest absolute Gasteiger partial charge is 0.269 e. The zero-order chi connectivity index (χ0) is 26.5. The van der Waals surface area contributed by atoms with Crippen LogP contribution in [0.25, 0.3) is 11.3 Å². The van der Waals surface area contributed by atoms with E-state index in [1.807, 2.05) is 4.90 Å². The van der Waals surface area contributed by atoms with Crippen molar-refractivity contribution in [1.82, 2.24) is 15.0 Å². The van der Waals surface area contributed by atoms with Crippen LogP contribution in [0.15, 0.2) is 70.2 Å². The minimum Gasteiger partial charge on any atom is -0.455 e. The van der Waals surface area contributed by atoms with Crippen molar-refractivity contribution in [3.63, 3.8) is 0 Å². The molecule has 0 saturated carbocycles. The lowest BCUT2D eigenvalue weighted by Crippen LogP contribution is -2.21. The average molecular weight is 515 g/mol. The standard InChI is InChI=1S/C24H21N9O5/c34-32(35)18-7-3-16(4-8-18)21-12-11-20(38-21)15-25-30-23-27-22(28-24(29-23)31-13-1-2-14-31)26-17-5-9-19(10-6-17)33(36)37/h3-12,15H,1-2,13-14H2,(H2,26,27,28,29,30)/b25-15+. The highest BCUT2D eigenvalue weighted by Crippen LogP contribution is 2.25. The quantitative estimate of drug-likeness (QED) is 0.179. The van der Waals surface area contributed by atoms with Gasteiger partial charge in [-0.25, -0.2) is 5.43 Å². The summed E-state index contributed by atoms with van der Waals surface area (Å²) in [4.78, 5) is 36.2. The van der Waals surface area contributed by atoms with Gasteiger partial charge in [-0.05, 0) is 49.2 Å². The molecule has 2 aromatic carbocycles. The third-order valence-corrected chi connectivity index (χ3v) is 5.69. The maximum absolute atomic E-state index is 10.9. The molecule has 2 aromatic heterocycles. The van der Waals surface area contributed by atoms with Crippen LogP contribution in [0.1, 0.15) is 18.6 Å². The van der Waals surface area contributed by atoms with E-state index in [9.17, 15) is 20.2 Å². The molecule has 1 aliphatic rings. The minimum absolute atomic E-state index is 0.000574. The summed E-state index contributed by atoms with van der Waals surface area (Å²) in [5.74, 6) is 1.92. The zero-order valence-electron chi connectivity index (χ0n) is 19.9. The maximum Gasteiger partial charge on any atom is 0.269 e. The van der Waals surface area contributed by atoms with Gasteiger partial charge in [0.1, 0.15) is 11.5 Å². The number of nitrogens with zero attached hydrogens (tertiary/aromatic N) is 7. The maximum atomic E-state index is 10.9. The molecule has 38 heavy (non-hydrogen) atoms. The van der Waals surface area contributed by atoms with Crippen LogP contribution in [0.4, 0.5) is 34.9 Å². The molecule has 14 nitrogen and oxygen atoms in total. The van der Waals surface area contributed by atoms with Crippen LogP contribution in [0.2, 0.25) is 0 Å². The Kier molecular flexibility index (Phi) is 6.84. The molecule has 0 atom stereocenters. The molecule has 4 aromatic rings. The van der Waals surface area contributed by atoms with Crippen molar-refractivity contribution in [2.45, 2.75) is 12.8 Å². The molecule has 2 N–H and O–H groups in total. The molecule has 0 amide bonds. The molecule has 0 radical (unpaired) electrons. The van der Waals surface area contributed by atoms with Crippen molar-refractivity contribution in [2.75, 3.05) is 28.7 Å². The van der Waals surface area contributed by atoms with Gasteiger partial charge in [-0.2, -0.15) is 20.1 Å². The first-order valence-corrected chi connectivity index (χ1v) is 11.6. The number of aromatic nitrogens is 3. The monoisotopic (exact) mass is 515 g/mol. The number of non-ortho nitro benzene ring substituents is 2. The normalized spacial score (nSPS) is 13.1. The number of rotatable bonds is 9. The molecule has 5 rings (SSSR count). The van der Waals surface area contributed by atoms with E-state index >= 15 is 0 Å². The van der Waals surface area contributed by atoms with Crippen molar-refractivity contribution in [3.05, 3.63) is 86.7 Å². The number of nitro groups is 2. The predicted molar refractivity (Wildman–Crippen MR) is 140 cm³/mol. The largest absolute Gasteiger partial charge is 0.455 e. The van der Waals surface area contributed by atoms with Gasteiger partial charge in [-0.1, -0.05) is 0 Å². The van der Waals surface area contributed by atoms with Gasteiger partial charge in [0.15, 0.2) is 0 Å². The summed E-state index contributed by atoms with van der Waals surface area (Å²) in [7, 11) is 0. The van der Waals surface area contributed by atoms with E-state index in [0.717, 1.165) is 25.9 Å². The first-order chi connectivity index (χ1) is 18.4. The summed E-state index contributed by atoms with van der Waals surface area (Å²) in [6, 6.07) is 15.4. The fraction of sp³-hybridized carbons (Fsp3) is 0.167. The summed E-state index contributed by atoms with van der Waals surface area (Å²) in [5, 5.41) is 29.0. The molecule has 192 valence electrons. The lowest BCUT2D eigenvalue weighted by atomic mass is 10.1. The number of hydrogen-bond acceptors (Lipinski definition) is 12. The third kappa shape index (κ3) is 5.70. The van der Waals surface area contributed by atoms with Crippen molar-refractivity contribution in [2.24, 2.45) is 5.10 Å². The van der Waals surface area contributed by atoms with Crippen LogP contribution >= 0.6 is 0 Å². The molecule has 0 aliphatic carbocycles. The van der Waals surface area contributed by atoms with Crippen LogP contribution in [0, 0.1) is 20.2 Å². The highest BCUT2D eigenvalue weighted by atomic mass is 16.6. The Hall–Kier alpha value is -5.40. The van der Waals surface area contributed by atoms with Crippen LogP contribution in [-0.2, 0) is 0 Å². The van der Waals surface area contributed by atoms with E-state index < -0.39 is 9.85 Å². The highest BCUT2D eigenvalue weighted by Gasteiger charge is 2.18. The Labute approximate surface area is 215 Å². The number of benzene rings is 2. The Morgan fingerprint density at radius 3 is 2.13 bits per heavy atom. The van der Waals surface area contributed by atoms with Crippen molar-refractivity contribution < 1.29 is 14.3 Å². The second kappa shape index (κ2) is 10.7. The summed E-state index contributed by atoms with van der Waals surface area (Å²) in [6.07, 6.45) is 3.53. The molecule has 0 bridgehead atoms. The van der Waals surface area contributed by atoms with Gasteiger partial charge >= 0.3 is 0 Å². The Morgan fingerprint density at radius 2 is 1.47 bits per heavy atom. The number of nitrogens with one attached hydrogen (secondary N) is 2. The van der Waals surface area contributed by atoms with Crippen LogP contribution in [0.3, 0.4) is 0 Å². The van der Waals surface area contributed by atoms with Crippen LogP contribution in [-0.4, -0.2) is 44.1 Å². The molecule has 1 saturated heterocycles. The summed E-state index contributed by atoms with van der Waals surface area (Å²) >= 11 is 0. The van der Waals surface area contributed by atoms with Crippen molar-refractivity contribution in [3.8, 4) is 11.3 Å². The van der Waals surface area contributed by atoms with E-state index in [2.05, 4.69) is 30.8 Å². The number of hydrogen-bond donors (Lipinski definition) is 2. The lowest BCUT2D eigenvalue weighted by Gasteiger charge is -2.16. The minimum atomic E-state index is -0.466. The van der Waals surface area contributed by atoms with Gasteiger partial charge < -0.3 is 14.6 Å². The fourth-order valence-electron chi connectivity index (χ4n) is 3.80. The summed E-state index contributed by atoms with van der Waals surface area (Å²) in [6.45, 7) is 1.64. The molecular weight excluding hydrogens is 494 g/mol. The second-order valence-electron chi connectivity index (χ2n) is 8.28. The summed E-state index contributed by atoms with van der Waals surface area (Å²) in [5.41, 5.74) is 4.05. The molecule has 0 spiro atoms. The van der Waals surface area contributed by atoms with Gasteiger partial charge in [0, 0.05) is 48.6 Å². The van der Waals surface area contributed by atoms with E-state index in [1.54, 1.807) is 36.4 Å². The molecule has 14 heteroatoms. The Bertz CT molecular complexity index is 1480. The molecule has 1 aliphatic heterocycles. The number of furan rings is 1. The third-order valence-electron chi connectivity index (χ3n) is 5.69. The summed E-state index contributed by atoms with van der Waals surface area (Å²) < 4.78 is 5.76. The van der Waals surface area contributed by atoms with E-state index in [1.165, 1.54) is 30.5 Å². The second-order valence-corrected chi connectivity index (χ2v) is 8.28. The topological polar surface area (TPSA) is 178 Å². The average Bonchev–Trinajstić information content (AvgIpc) is 3.62. The fourth-order valence-corrected chi connectivity index (χ4v) is 3.80. The Morgan fingerprint density at radius 1 is 0.842 bits per heavy atom. The number of hydrazone groups is 1. The van der Waals surface area contributed by atoms with Gasteiger partial charge in [-0.15, -0.1) is 0 Å².